The Hall–Kier alpha value is -1.10. The number of hydrogen-bond acceptors (Lipinski definition) is 3. The zero-order valence-corrected chi connectivity index (χ0v) is 13.5. The van der Waals surface area contributed by atoms with Gasteiger partial charge in [-0.05, 0) is 44.5 Å². The Balaban J connectivity index is 2.08. The van der Waals surface area contributed by atoms with Crippen LogP contribution in [0.25, 0.3) is 0 Å². The third-order valence-electron chi connectivity index (χ3n) is 4.01. The second-order valence-electron chi connectivity index (χ2n) is 5.86. The van der Waals surface area contributed by atoms with Crippen molar-refractivity contribution in [1.29, 1.82) is 0 Å². The van der Waals surface area contributed by atoms with Crippen LogP contribution in [0.1, 0.15) is 31.4 Å². The summed E-state index contributed by atoms with van der Waals surface area (Å²) in [6.07, 6.45) is 2.22. The van der Waals surface area contributed by atoms with Gasteiger partial charge in [0, 0.05) is 30.2 Å². The number of amides is 1. The molecule has 0 radical (unpaired) electrons. The number of benzene rings is 1. The lowest BCUT2D eigenvalue weighted by Gasteiger charge is -2.32. The molecule has 0 aromatic heterocycles. The molecule has 0 aliphatic carbocycles. The van der Waals surface area contributed by atoms with E-state index in [0.29, 0.717) is 11.6 Å². The predicted molar refractivity (Wildman–Crippen MR) is 86.3 cm³/mol. The maximum atomic E-state index is 12.3. The van der Waals surface area contributed by atoms with Crippen LogP contribution in [0.2, 0.25) is 5.02 Å². The first-order valence-corrected chi connectivity index (χ1v) is 7.86. The van der Waals surface area contributed by atoms with Crippen molar-refractivity contribution in [2.45, 2.75) is 31.8 Å². The van der Waals surface area contributed by atoms with Crippen LogP contribution in [0.3, 0.4) is 0 Å². The third-order valence-corrected chi connectivity index (χ3v) is 4.24. The molecule has 1 heterocycles. The molecule has 0 spiro atoms. The fraction of sp³-hybridized carbons (Fsp3) is 0.562. The van der Waals surface area contributed by atoms with Crippen molar-refractivity contribution in [2.24, 2.45) is 5.73 Å². The van der Waals surface area contributed by atoms with Gasteiger partial charge in [0.05, 0.1) is 6.54 Å². The van der Waals surface area contributed by atoms with Crippen LogP contribution in [0.4, 0.5) is 0 Å². The van der Waals surface area contributed by atoms with Gasteiger partial charge in [0.15, 0.2) is 0 Å². The summed E-state index contributed by atoms with van der Waals surface area (Å²) < 4.78 is 0. The van der Waals surface area contributed by atoms with Crippen molar-refractivity contribution in [3.63, 3.8) is 0 Å². The molecule has 2 N–H and O–H groups in total. The molecular weight excluding hydrogens is 286 g/mol. The lowest BCUT2D eigenvalue weighted by molar-refractivity contribution is -0.131. The second kappa shape index (κ2) is 7.25. The Labute approximate surface area is 131 Å². The van der Waals surface area contributed by atoms with E-state index in [2.05, 4.69) is 0 Å². The minimum absolute atomic E-state index is 0.0183. The molecule has 2 rings (SSSR count). The van der Waals surface area contributed by atoms with E-state index in [1.165, 1.54) is 0 Å². The minimum atomic E-state index is -0.0835. The van der Waals surface area contributed by atoms with E-state index in [0.717, 1.165) is 31.5 Å². The molecule has 2 atom stereocenters. The van der Waals surface area contributed by atoms with Gasteiger partial charge in [0.2, 0.25) is 5.91 Å². The van der Waals surface area contributed by atoms with E-state index in [4.69, 9.17) is 17.3 Å². The van der Waals surface area contributed by atoms with Gasteiger partial charge < -0.3 is 10.6 Å². The topological polar surface area (TPSA) is 49.6 Å². The fourth-order valence-electron chi connectivity index (χ4n) is 3.03. The molecule has 116 valence electrons. The zero-order valence-electron chi connectivity index (χ0n) is 12.8. The van der Waals surface area contributed by atoms with Gasteiger partial charge in [-0.1, -0.05) is 23.7 Å². The Morgan fingerprint density at radius 2 is 2.10 bits per heavy atom. The van der Waals surface area contributed by atoms with E-state index in [1.807, 2.05) is 48.0 Å². The Bertz CT molecular complexity index is 486. The van der Waals surface area contributed by atoms with Crippen LogP contribution in [-0.4, -0.2) is 48.4 Å². The van der Waals surface area contributed by atoms with E-state index in [1.54, 1.807) is 0 Å². The number of nitrogens with zero attached hydrogens (tertiary/aromatic N) is 2. The first-order valence-electron chi connectivity index (χ1n) is 7.48. The Morgan fingerprint density at radius 1 is 1.43 bits per heavy atom. The van der Waals surface area contributed by atoms with Gasteiger partial charge in [0.1, 0.15) is 0 Å². The van der Waals surface area contributed by atoms with E-state index < -0.39 is 0 Å². The van der Waals surface area contributed by atoms with Crippen molar-refractivity contribution < 1.29 is 4.79 Å². The maximum absolute atomic E-state index is 12.3. The predicted octanol–water partition coefficient (Wildman–Crippen LogP) is 2.28. The molecule has 2 unspecified atom stereocenters. The summed E-state index contributed by atoms with van der Waals surface area (Å²) in [6, 6.07) is 7.60. The monoisotopic (exact) mass is 309 g/mol. The van der Waals surface area contributed by atoms with Gasteiger partial charge in [-0.3, -0.25) is 9.69 Å². The number of likely N-dealkylation sites (tertiary alicyclic amines) is 1. The van der Waals surface area contributed by atoms with Crippen LogP contribution in [0.5, 0.6) is 0 Å². The summed E-state index contributed by atoms with van der Waals surface area (Å²) in [7, 11) is 1.95. The smallest absolute Gasteiger partial charge is 0.236 e. The summed E-state index contributed by atoms with van der Waals surface area (Å²) in [5, 5.41) is 0.692. The summed E-state index contributed by atoms with van der Waals surface area (Å²) in [5.74, 6) is 0.183. The fourth-order valence-corrected chi connectivity index (χ4v) is 3.23. The largest absolute Gasteiger partial charge is 0.342 e. The van der Waals surface area contributed by atoms with Gasteiger partial charge in [-0.25, -0.2) is 0 Å². The standard InChI is InChI=1S/C16H24ClN3O/c1-12(18)16(13-6-5-7-14(17)10-13)19(2)11-15(21)20-8-3-4-9-20/h5-7,10,12,16H,3-4,8-9,11,18H2,1-2H3. The van der Waals surface area contributed by atoms with E-state index >= 15 is 0 Å². The van der Waals surface area contributed by atoms with Crippen LogP contribution >= 0.6 is 11.6 Å². The Morgan fingerprint density at radius 3 is 2.67 bits per heavy atom. The molecule has 1 aliphatic rings. The molecule has 1 aliphatic heterocycles. The average molecular weight is 310 g/mol. The van der Waals surface area contributed by atoms with Crippen molar-refractivity contribution in [1.82, 2.24) is 9.80 Å². The van der Waals surface area contributed by atoms with Gasteiger partial charge in [-0.2, -0.15) is 0 Å². The molecule has 21 heavy (non-hydrogen) atoms. The SMILES string of the molecule is CC(N)C(c1cccc(Cl)c1)N(C)CC(=O)N1CCCC1. The number of hydrogen-bond donors (Lipinski definition) is 1. The summed E-state index contributed by atoms with van der Waals surface area (Å²) >= 11 is 6.07. The van der Waals surface area contributed by atoms with E-state index in [9.17, 15) is 4.79 Å². The first kappa shape index (κ1) is 16.3. The highest BCUT2D eigenvalue weighted by Crippen LogP contribution is 2.25. The van der Waals surface area contributed by atoms with Crippen molar-refractivity contribution >= 4 is 17.5 Å². The van der Waals surface area contributed by atoms with Crippen LogP contribution in [-0.2, 0) is 4.79 Å². The highest BCUT2D eigenvalue weighted by molar-refractivity contribution is 6.30. The van der Waals surface area contributed by atoms with Crippen molar-refractivity contribution in [3.05, 3.63) is 34.9 Å². The molecule has 1 saturated heterocycles. The zero-order chi connectivity index (χ0) is 15.4. The molecule has 0 bridgehead atoms. The summed E-state index contributed by atoms with van der Waals surface area (Å²) in [4.78, 5) is 16.3. The summed E-state index contributed by atoms with van der Waals surface area (Å²) in [5.41, 5.74) is 7.19. The Kier molecular flexibility index (Phi) is 5.62. The van der Waals surface area contributed by atoms with Gasteiger partial charge in [-0.15, -0.1) is 0 Å². The minimum Gasteiger partial charge on any atom is -0.342 e. The molecule has 0 saturated carbocycles. The number of carbonyl (C=O) groups is 1. The number of nitrogens with two attached hydrogens (primary N) is 1. The highest BCUT2D eigenvalue weighted by atomic mass is 35.5. The molecule has 1 amide bonds. The maximum Gasteiger partial charge on any atom is 0.236 e. The quantitative estimate of drug-likeness (QED) is 0.908. The van der Waals surface area contributed by atoms with Crippen molar-refractivity contribution in [2.75, 3.05) is 26.7 Å². The third kappa shape index (κ3) is 4.19. The van der Waals surface area contributed by atoms with Gasteiger partial charge in [0.25, 0.3) is 0 Å². The van der Waals surface area contributed by atoms with Gasteiger partial charge >= 0.3 is 0 Å². The normalized spacial score (nSPS) is 18.0. The average Bonchev–Trinajstić information content (AvgIpc) is 2.92. The molecular formula is C16H24ClN3O. The lowest BCUT2D eigenvalue weighted by Crippen LogP contribution is -2.43. The highest BCUT2D eigenvalue weighted by Gasteiger charge is 2.26. The summed E-state index contributed by atoms with van der Waals surface area (Å²) in [6.45, 7) is 4.11. The number of likely N-dealkylation sites (N-methyl/N-ethyl adjacent to an activating group) is 1. The number of carbonyl (C=O) groups excluding carboxylic acids is 1. The first-order chi connectivity index (χ1) is 9.99. The van der Waals surface area contributed by atoms with Crippen LogP contribution in [0.15, 0.2) is 24.3 Å². The molecule has 4 nitrogen and oxygen atoms in total. The van der Waals surface area contributed by atoms with E-state index in [-0.39, 0.29) is 18.0 Å². The van der Waals surface area contributed by atoms with Crippen molar-refractivity contribution in [3.8, 4) is 0 Å². The molecule has 1 fully saturated rings. The van der Waals surface area contributed by atoms with Crippen LogP contribution < -0.4 is 5.73 Å². The molecule has 5 heteroatoms. The molecule has 1 aromatic rings. The molecule has 1 aromatic carbocycles. The lowest BCUT2D eigenvalue weighted by atomic mass is 9.99. The number of rotatable bonds is 5. The number of halogens is 1. The second-order valence-corrected chi connectivity index (χ2v) is 6.30. The van der Waals surface area contributed by atoms with Crippen LogP contribution in [0, 0.1) is 0 Å².